The second-order valence-electron chi connectivity index (χ2n) is 5.88. The average Bonchev–Trinajstić information content (AvgIpc) is 2.77. The van der Waals surface area contributed by atoms with Gasteiger partial charge >= 0.3 is 0 Å². The van der Waals surface area contributed by atoms with Crippen LogP contribution in [0.5, 0.6) is 0 Å². The fourth-order valence-electron chi connectivity index (χ4n) is 3.10. The average molecular weight is 333 g/mol. The second-order valence-corrected chi connectivity index (χ2v) is 6.29. The van der Waals surface area contributed by atoms with Crippen LogP contribution in [0.2, 0.25) is 5.02 Å². The molecule has 0 saturated carbocycles. The van der Waals surface area contributed by atoms with Gasteiger partial charge in [0.25, 0.3) is 0 Å². The predicted octanol–water partition coefficient (Wildman–Crippen LogP) is 2.54. The van der Waals surface area contributed by atoms with Crippen LogP contribution in [-0.2, 0) is 14.4 Å². The van der Waals surface area contributed by atoms with Gasteiger partial charge in [0.15, 0.2) is 0 Å². The van der Waals surface area contributed by atoms with Crippen LogP contribution in [0.1, 0.15) is 18.4 Å². The first-order valence-corrected chi connectivity index (χ1v) is 7.92. The summed E-state index contributed by atoms with van der Waals surface area (Å²) < 4.78 is 0. The molecule has 1 aromatic carbocycles. The molecule has 0 spiro atoms. The van der Waals surface area contributed by atoms with Crippen molar-refractivity contribution < 1.29 is 14.4 Å². The number of carbonyl (C=O) groups is 3. The zero-order valence-electron chi connectivity index (χ0n) is 12.7. The van der Waals surface area contributed by atoms with Crippen LogP contribution >= 0.6 is 11.6 Å². The number of halogens is 1. The Balaban J connectivity index is 1.70. The van der Waals surface area contributed by atoms with Gasteiger partial charge in [-0.15, -0.1) is 0 Å². The van der Waals surface area contributed by atoms with E-state index in [4.69, 9.17) is 11.6 Å². The molecule has 1 aliphatic carbocycles. The minimum absolute atomic E-state index is 0.248. The van der Waals surface area contributed by atoms with Crippen LogP contribution in [0.25, 0.3) is 0 Å². The van der Waals surface area contributed by atoms with Crippen molar-refractivity contribution in [1.29, 1.82) is 0 Å². The molecule has 120 valence electrons. The van der Waals surface area contributed by atoms with E-state index >= 15 is 0 Å². The maximum Gasteiger partial charge on any atom is 0.244 e. The third-order valence-electron chi connectivity index (χ3n) is 4.44. The molecule has 3 rings (SSSR count). The predicted molar refractivity (Wildman–Crippen MR) is 86.9 cm³/mol. The standard InChI is InChI=1S/C17H17ClN2O3/c1-10-13(18)7-4-8-14(10)19-15(21)9-20-16(22)11-5-2-3-6-12(11)17(20)23/h2-4,7-8,11-12H,5-6,9H2,1H3,(H,19,21)/t11-,12-/m0/s1. The Morgan fingerprint density at radius 3 is 2.43 bits per heavy atom. The van der Waals surface area contributed by atoms with E-state index in [2.05, 4.69) is 5.32 Å². The van der Waals surface area contributed by atoms with E-state index in [1.165, 1.54) is 0 Å². The number of hydrogen-bond donors (Lipinski definition) is 1. The van der Waals surface area contributed by atoms with Gasteiger partial charge in [0.1, 0.15) is 6.54 Å². The lowest BCUT2D eigenvalue weighted by atomic mass is 9.85. The molecule has 0 unspecified atom stereocenters. The van der Waals surface area contributed by atoms with Crippen molar-refractivity contribution in [3.05, 3.63) is 40.9 Å². The first kappa shape index (κ1) is 15.7. The summed E-state index contributed by atoms with van der Waals surface area (Å²) in [6.45, 7) is 1.54. The fraction of sp³-hybridized carbons (Fsp3) is 0.353. The Hall–Kier alpha value is -2.14. The van der Waals surface area contributed by atoms with Crippen molar-refractivity contribution in [2.45, 2.75) is 19.8 Å². The summed E-state index contributed by atoms with van der Waals surface area (Å²) in [5, 5.41) is 3.26. The van der Waals surface area contributed by atoms with Crippen molar-refractivity contribution in [2.75, 3.05) is 11.9 Å². The van der Waals surface area contributed by atoms with Gasteiger partial charge < -0.3 is 5.32 Å². The normalized spacial score (nSPS) is 23.1. The zero-order valence-corrected chi connectivity index (χ0v) is 13.5. The summed E-state index contributed by atoms with van der Waals surface area (Å²) >= 11 is 6.02. The van der Waals surface area contributed by atoms with Crippen LogP contribution in [0, 0.1) is 18.8 Å². The molecule has 0 aromatic heterocycles. The van der Waals surface area contributed by atoms with Crippen molar-refractivity contribution in [1.82, 2.24) is 4.90 Å². The van der Waals surface area contributed by atoms with Gasteiger partial charge in [0.05, 0.1) is 11.8 Å². The van der Waals surface area contributed by atoms with E-state index < -0.39 is 5.91 Å². The number of nitrogens with zero attached hydrogens (tertiary/aromatic N) is 1. The minimum Gasteiger partial charge on any atom is -0.324 e. The molecule has 3 amide bonds. The third-order valence-corrected chi connectivity index (χ3v) is 4.85. The monoisotopic (exact) mass is 332 g/mol. The smallest absolute Gasteiger partial charge is 0.244 e. The molecule has 1 aromatic rings. The minimum atomic E-state index is -0.399. The van der Waals surface area contributed by atoms with Crippen LogP contribution in [0.4, 0.5) is 5.69 Å². The van der Waals surface area contributed by atoms with Gasteiger partial charge in [-0.2, -0.15) is 0 Å². The lowest BCUT2D eigenvalue weighted by molar-refractivity contribution is -0.142. The van der Waals surface area contributed by atoms with Gasteiger partial charge in [-0.05, 0) is 37.5 Å². The molecule has 0 radical (unpaired) electrons. The third kappa shape index (κ3) is 2.88. The van der Waals surface area contributed by atoms with Crippen LogP contribution in [-0.4, -0.2) is 29.2 Å². The Morgan fingerprint density at radius 2 is 1.83 bits per heavy atom. The first-order valence-electron chi connectivity index (χ1n) is 7.54. The van der Waals surface area contributed by atoms with Crippen molar-refractivity contribution in [3.8, 4) is 0 Å². The first-order chi connectivity index (χ1) is 11.0. The van der Waals surface area contributed by atoms with Crippen LogP contribution < -0.4 is 5.32 Å². The molecule has 1 aliphatic heterocycles. The van der Waals surface area contributed by atoms with Crippen molar-refractivity contribution in [3.63, 3.8) is 0 Å². The van der Waals surface area contributed by atoms with E-state index in [0.717, 1.165) is 10.5 Å². The van der Waals surface area contributed by atoms with Crippen LogP contribution in [0.15, 0.2) is 30.4 Å². The van der Waals surface area contributed by atoms with Gasteiger partial charge in [-0.25, -0.2) is 0 Å². The molecule has 1 saturated heterocycles. The lowest BCUT2D eigenvalue weighted by Crippen LogP contribution is -2.38. The van der Waals surface area contributed by atoms with Gasteiger partial charge in [-0.3, -0.25) is 19.3 Å². The van der Waals surface area contributed by atoms with E-state index in [9.17, 15) is 14.4 Å². The quantitative estimate of drug-likeness (QED) is 0.683. The number of imide groups is 1. The Kier molecular flexibility index (Phi) is 4.22. The largest absolute Gasteiger partial charge is 0.324 e. The molecule has 1 fully saturated rings. The number of rotatable bonds is 3. The number of benzene rings is 1. The summed E-state index contributed by atoms with van der Waals surface area (Å²) in [5.74, 6) is -1.52. The maximum atomic E-state index is 12.3. The number of fused-ring (bicyclic) bond motifs is 1. The van der Waals surface area contributed by atoms with E-state index in [1.54, 1.807) is 25.1 Å². The van der Waals surface area contributed by atoms with Crippen molar-refractivity contribution >= 4 is 35.0 Å². The highest BCUT2D eigenvalue weighted by Gasteiger charge is 2.47. The number of likely N-dealkylation sites (tertiary alicyclic amines) is 1. The molecule has 1 heterocycles. The molecule has 2 atom stereocenters. The Labute approximate surface area is 139 Å². The summed E-state index contributed by atoms with van der Waals surface area (Å²) in [7, 11) is 0. The highest BCUT2D eigenvalue weighted by Crippen LogP contribution is 2.34. The summed E-state index contributed by atoms with van der Waals surface area (Å²) in [5.41, 5.74) is 1.33. The Bertz CT molecular complexity index is 688. The Morgan fingerprint density at radius 1 is 1.22 bits per heavy atom. The number of hydrogen-bond acceptors (Lipinski definition) is 3. The number of allylic oxidation sites excluding steroid dienone is 2. The maximum absolute atomic E-state index is 12.3. The number of anilines is 1. The van der Waals surface area contributed by atoms with Crippen molar-refractivity contribution in [2.24, 2.45) is 11.8 Å². The molecular weight excluding hydrogens is 316 g/mol. The summed E-state index contributed by atoms with van der Waals surface area (Å²) in [4.78, 5) is 38.0. The van der Waals surface area contributed by atoms with Gasteiger partial charge in [-0.1, -0.05) is 29.8 Å². The van der Waals surface area contributed by atoms with E-state index in [0.29, 0.717) is 23.6 Å². The highest BCUT2D eigenvalue weighted by atomic mass is 35.5. The number of carbonyl (C=O) groups excluding carboxylic acids is 3. The van der Waals surface area contributed by atoms with Crippen LogP contribution in [0.3, 0.4) is 0 Å². The highest BCUT2D eigenvalue weighted by molar-refractivity contribution is 6.31. The van der Waals surface area contributed by atoms with E-state index in [1.807, 2.05) is 12.2 Å². The van der Waals surface area contributed by atoms with E-state index in [-0.39, 0.29) is 30.2 Å². The molecule has 5 nitrogen and oxygen atoms in total. The molecule has 1 N–H and O–H groups in total. The molecule has 23 heavy (non-hydrogen) atoms. The number of amides is 3. The molecule has 0 bridgehead atoms. The topological polar surface area (TPSA) is 66.5 Å². The van der Waals surface area contributed by atoms with Gasteiger partial charge in [0.2, 0.25) is 17.7 Å². The summed E-state index contributed by atoms with van der Waals surface area (Å²) in [6, 6.07) is 5.20. The summed E-state index contributed by atoms with van der Waals surface area (Å²) in [6.07, 6.45) is 4.98. The molecule has 2 aliphatic rings. The second kappa shape index (κ2) is 6.16. The lowest BCUT2D eigenvalue weighted by Gasteiger charge is -2.15. The number of nitrogens with one attached hydrogen (secondary N) is 1. The fourth-order valence-corrected chi connectivity index (χ4v) is 3.28. The zero-order chi connectivity index (χ0) is 16.6. The molecular formula is C17H17ClN2O3. The van der Waals surface area contributed by atoms with Gasteiger partial charge in [0, 0.05) is 10.7 Å². The SMILES string of the molecule is Cc1c(Cl)cccc1NC(=O)CN1C(=O)[C@H]2CC=CC[C@@H]2C1=O. The molecule has 6 heteroatoms.